The predicted octanol–water partition coefficient (Wildman–Crippen LogP) is 4.78. The van der Waals surface area contributed by atoms with Gasteiger partial charge in [-0.15, -0.1) is 10.2 Å². The summed E-state index contributed by atoms with van der Waals surface area (Å²) in [5.41, 5.74) is 2.08. The molecule has 3 rings (SSSR count). The van der Waals surface area contributed by atoms with Crippen LogP contribution in [-0.2, 0) is 13.1 Å². The lowest BCUT2D eigenvalue weighted by molar-refractivity contribution is 0.282. The first-order chi connectivity index (χ1) is 11.1. The number of rotatable bonds is 5. The molecule has 0 N–H and O–H groups in total. The molecule has 6 heteroatoms. The monoisotopic (exact) mass is 391 g/mol. The molecule has 0 spiro atoms. The molecular weight excluding hydrogens is 378 g/mol. The lowest BCUT2D eigenvalue weighted by Crippen LogP contribution is -2.17. The van der Waals surface area contributed by atoms with Gasteiger partial charge in [0.25, 0.3) is 0 Å². The van der Waals surface area contributed by atoms with Crippen LogP contribution in [-0.4, -0.2) is 22.1 Å². The van der Waals surface area contributed by atoms with Crippen molar-refractivity contribution >= 4 is 27.5 Å². The van der Waals surface area contributed by atoms with Crippen molar-refractivity contribution < 1.29 is 4.42 Å². The Hall–Kier alpha value is -1.69. The molecule has 0 atom stereocenters. The fourth-order valence-corrected chi connectivity index (χ4v) is 2.77. The van der Waals surface area contributed by atoms with Crippen LogP contribution in [0.25, 0.3) is 11.5 Å². The van der Waals surface area contributed by atoms with Gasteiger partial charge < -0.3 is 4.42 Å². The molecule has 0 aliphatic rings. The van der Waals surface area contributed by atoms with Crippen molar-refractivity contribution in [2.75, 3.05) is 7.05 Å². The molecule has 118 valence electrons. The molecule has 0 aliphatic heterocycles. The van der Waals surface area contributed by atoms with Crippen molar-refractivity contribution in [2.24, 2.45) is 0 Å². The van der Waals surface area contributed by atoms with Crippen LogP contribution in [0.1, 0.15) is 11.5 Å². The Morgan fingerprint density at radius 3 is 2.52 bits per heavy atom. The van der Waals surface area contributed by atoms with Gasteiger partial charge in [-0.3, -0.25) is 4.90 Å². The molecule has 23 heavy (non-hydrogen) atoms. The highest BCUT2D eigenvalue weighted by Crippen LogP contribution is 2.21. The van der Waals surface area contributed by atoms with Crippen LogP contribution >= 0.6 is 27.5 Å². The van der Waals surface area contributed by atoms with Gasteiger partial charge in [0, 0.05) is 21.6 Å². The van der Waals surface area contributed by atoms with Crippen LogP contribution in [0.2, 0.25) is 5.02 Å². The Balaban J connectivity index is 1.67. The fraction of sp³-hybridized carbons (Fsp3) is 0.176. The number of nitrogens with zero attached hydrogens (tertiary/aromatic N) is 3. The third-order valence-electron chi connectivity index (χ3n) is 3.36. The SMILES string of the molecule is CN(Cc1nnc(-c2ccc(Cl)cc2)o1)Cc1ccccc1Br. The Bertz CT molecular complexity index is 789. The van der Waals surface area contributed by atoms with Gasteiger partial charge in [-0.25, -0.2) is 0 Å². The molecule has 4 nitrogen and oxygen atoms in total. The van der Waals surface area contributed by atoms with Crippen LogP contribution in [0, 0.1) is 0 Å². The van der Waals surface area contributed by atoms with Crippen LogP contribution in [0.3, 0.4) is 0 Å². The molecule has 2 aromatic carbocycles. The zero-order valence-electron chi connectivity index (χ0n) is 12.5. The van der Waals surface area contributed by atoms with Gasteiger partial charge >= 0.3 is 0 Å². The third kappa shape index (κ3) is 4.19. The summed E-state index contributed by atoms with van der Waals surface area (Å²) in [7, 11) is 2.02. The first-order valence-corrected chi connectivity index (χ1v) is 8.29. The van der Waals surface area contributed by atoms with Gasteiger partial charge in [-0.05, 0) is 42.9 Å². The zero-order chi connectivity index (χ0) is 16.2. The van der Waals surface area contributed by atoms with Gasteiger partial charge in [0.15, 0.2) is 0 Å². The smallest absolute Gasteiger partial charge is 0.247 e. The summed E-state index contributed by atoms with van der Waals surface area (Å²) in [5.74, 6) is 1.09. The summed E-state index contributed by atoms with van der Waals surface area (Å²) in [6, 6.07) is 15.5. The van der Waals surface area contributed by atoms with Gasteiger partial charge in [0.05, 0.1) is 6.54 Å². The number of hydrogen-bond donors (Lipinski definition) is 0. The molecule has 0 fully saturated rings. The molecule has 0 unspecified atom stereocenters. The minimum atomic E-state index is 0.506. The second-order valence-corrected chi connectivity index (χ2v) is 6.56. The van der Waals surface area contributed by atoms with Gasteiger partial charge in [-0.2, -0.15) is 0 Å². The van der Waals surface area contributed by atoms with E-state index in [2.05, 4.69) is 37.1 Å². The zero-order valence-corrected chi connectivity index (χ0v) is 14.9. The molecular formula is C17H15BrClN3O. The Morgan fingerprint density at radius 2 is 1.78 bits per heavy atom. The number of hydrogen-bond acceptors (Lipinski definition) is 4. The minimum absolute atomic E-state index is 0.506. The lowest BCUT2D eigenvalue weighted by atomic mass is 10.2. The molecule has 1 aromatic heterocycles. The van der Waals surface area contributed by atoms with E-state index < -0.39 is 0 Å². The Morgan fingerprint density at radius 1 is 1.04 bits per heavy atom. The van der Waals surface area contributed by atoms with Gasteiger partial charge in [0.2, 0.25) is 11.8 Å². The summed E-state index contributed by atoms with van der Waals surface area (Å²) in [5, 5.41) is 8.90. The topological polar surface area (TPSA) is 42.2 Å². The average Bonchev–Trinajstić information content (AvgIpc) is 2.98. The quantitative estimate of drug-likeness (QED) is 0.626. The molecule has 1 heterocycles. The van der Waals surface area contributed by atoms with Crippen LogP contribution in [0.4, 0.5) is 0 Å². The van der Waals surface area contributed by atoms with Crippen molar-refractivity contribution in [3.63, 3.8) is 0 Å². The Labute approximate surface area is 148 Å². The summed E-state index contributed by atoms with van der Waals surface area (Å²) in [4.78, 5) is 2.12. The standard InChI is InChI=1S/C17H15BrClN3O/c1-22(10-13-4-2-3-5-15(13)18)11-16-20-21-17(23-16)12-6-8-14(19)9-7-12/h2-9H,10-11H2,1H3. The summed E-state index contributed by atoms with van der Waals surface area (Å²) in [6.07, 6.45) is 0. The first-order valence-electron chi connectivity index (χ1n) is 7.12. The maximum atomic E-state index is 5.89. The molecule has 0 saturated carbocycles. The van der Waals surface area contributed by atoms with Crippen molar-refractivity contribution in [3.05, 3.63) is 69.5 Å². The lowest BCUT2D eigenvalue weighted by Gasteiger charge is -2.15. The van der Waals surface area contributed by atoms with Crippen LogP contribution in [0.5, 0.6) is 0 Å². The largest absolute Gasteiger partial charge is 0.419 e. The first kappa shape index (κ1) is 16.2. The summed E-state index contributed by atoms with van der Waals surface area (Å²) in [6.45, 7) is 1.38. The number of halogens is 2. The third-order valence-corrected chi connectivity index (χ3v) is 4.39. The molecule has 0 bridgehead atoms. The number of aromatic nitrogens is 2. The fourth-order valence-electron chi connectivity index (χ4n) is 2.23. The van der Waals surface area contributed by atoms with Crippen LogP contribution < -0.4 is 0 Å². The van der Waals surface area contributed by atoms with E-state index in [-0.39, 0.29) is 0 Å². The highest BCUT2D eigenvalue weighted by Gasteiger charge is 2.11. The molecule has 3 aromatic rings. The summed E-state index contributed by atoms with van der Waals surface area (Å²) >= 11 is 9.45. The maximum absolute atomic E-state index is 5.89. The van der Waals surface area contributed by atoms with E-state index in [4.69, 9.17) is 16.0 Å². The van der Waals surface area contributed by atoms with Crippen molar-refractivity contribution in [2.45, 2.75) is 13.1 Å². The maximum Gasteiger partial charge on any atom is 0.247 e. The minimum Gasteiger partial charge on any atom is -0.419 e. The Kier molecular flexibility index (Phi) is 5.10. The van der Waals surface area contributed by atoms with Gasteiger partial charge in [0.1, 0.15) is 0 Å². The van der Waals surface area contributed by atoms with E-state index in [1.807, 2.05) is 37.4 Å². The molecule has 0 radical (unpaired) electrons. The van der Waals surface area contributed by atoms with Crippen molar-refractivity contribution in [1.29, 1.82) is 0 Å². The van der Waals surface area contributed by atoms with Crippen molar-refractivity contribution in [3.8, 4) is 11.5 Å². The van der Waals surface area contributed by atoms with Crippen molar-refractivity contribution in [1.82, 2.24) is 15.1 Å². The van der Waals surface area contributed by atoms with E-state index >= 15 is 0 Å². The second-order valence-electron chi connectivity index (χ2n) is 5.27. The normalized spacial score (nSPS) is 11.1. The van der Waals surface area contributed by atoms with E-state index in [9.17, 15) is 0 Å². The highest BCUT2D eigenvalue weighted by atomic mass is 79.9. The summed E-state index contributed by atoms with van der Waals surface area (Å²) < 4.78 is 6.83. The molecule has 0 aliphatic carbocycles. The average molecular weight is 393 g/mol. The van der Waals surface area contributed by atoms with E-state index in [0.29, 0.717) is 23.3 Å². The van der Waals surface area contributed by atoms with E-state index in [1.165, 1.54) is 5.56 Å². The molecule has 0 amide bonds. The second kappa shape index (κ2) is 7.25. The highest BCUT2D eigenvalue weighted by molar-refractivity contribution is 9.10. The molecule has 0 saturated heterocycles. The number of benzene rings is 2. The van der Waals surface area contributed by atoms with Gasteiger partial charge in [-0.1, -0.05) is 45.7 Å². The van der Waals surface area contributed by atoms with E-state index in [0.717, 1.165) is 16.6 Å². The van der Waals surface area contributed by atoms with Crippen LogP contribution in [0.15, 0.2) is 57.4 Å². The predicted molar refractivity (Wildman–Crippen MR) is 94.1 cm³/mol. The van der Waals surface area contributed by atoms with E-state index in [1.54, 1.807) is 12.1 Å².